The predicted molar refractivity (Wildman–Crippen MR) is 134 cm³/mol. The first-order chi connectivity index (χ1) is 16.8. The Morgan fingerprint density at radius 3 is 2.26 bits per heavy atom. The maximum Gasteiger partial charge on any atom is 0.338 e. The molecule has 0 aliphatic rings. The zero-order chi connectivity index (χ0) is 25.4. The van der Waals surface area contributed by atoms with Crippen LogP contribution in [0.3, 0.4) is 0 Å². The number of nitrogens with zero attached hydrogens (tertiary/aromatic N) is 1. The first-order valence-electron chi connectivity index (χ1n) is 10.4. The number of ether oxygens (including phenoxy) is 1. The number of benzene rings is 3. The van der Waals surface area contributed by atoms with Gasteiger partial charge in [-0.05, 0) is 83.0 Å². The van der Waals surface area contributed by atoms with Crippen molar-refractivity contribution in [2.24, 2.45) is 0 Å². The summed E-state index contributed by atoms with van der Waals surface area (Å²) in [4.78, 5) is 48.1. The van der Waals surface area contributed by atoms with Crippen molar-refractivity contribution in [2.75, 3.05) is 11.9 Å². The van der Waals surface area contributed by atoms with Gasteiger partial charge < -0.3 is 15.4 Å². The number of esters is 1. The Balaban J connectivity index is 1.87. The number of nitro benzene ring substituents is 1. The highest BCUT2D eigenvalue weighted by Crippen LogP contribution is 2.18. The smallest absolute Gasteiger partial charge is 0.338 e. The minimum absolute atomic E-state index is 0.0888. The number of carbonyl (C=O) groups excluding carboxylic acids is 3. The van der Waals surface area contributed by atoms with E-state index in [2.05, 4.69) is 26.6 Å². The van der Waals surface area contributed by atoms with Crippen molar-refractivity contribution in [3.05, 3.63) is 110 Å². The van der Waals surface area contributed by atoms with Gasteiger partial charge in [0.1, 0.15) is 5.70 Å². The fourth-order valence-electron chi connectivity index (χ4n) is 2.95. The summed E-state index contributed by atoms with van der Waals surface area (Å²) in [6.07, 6.45) is 1.40. The minimum atomic E-state index is -0.632. The molecule has 2 N–H and O–H groups in total. The van der Waals surface area contributed by atoms with E-state index in [0.29, 0.717) is 26.9 Å². The largest absolute Gasteiger partial charge is 0.462 e. The topological polar surface area (TPSA) is 128 Å². The van der Waals surface area contributed by atoms with Crippen LogP contribution in [0.4, 0.5) is 11.4 Å². The van der Waals surface area contributed by atoms with Gasteiger partial charge in [-0.3, -0.25) is 19.7 Å². The molecule has 0 saturated carbocycles. The summed E-state index contributed by atoms with van der Waals surface area (Å²) in [6.45, 7) is 1.94. The lowest BCUT2D eigenvalue weighted by molar-refractivity contribution is -0.384. The molecule has 35 heavy (non-hydrogen) atoms. The number of rotatable bonds is 8. The Bertz CT molecular complexity index is 1290. The Kier molecular flexibility index (Phi) is 8.47. The monoisotopic (exact) mass is 537 g/mol. The van der Waals surface area contributed by atoms with Gasteiger partial charge in [0.2, 0.25) is 0 Å². The summed E-state index contributed by atoms with van der Waals surface area (Å²) in [5, 5.41) is 16.2. The van der Waals surface area contributed by atoms with E-state index >= 15 is 0 Å². The van der Waals surface area contributed by atoms with Crippen molar-refractivity contribution >= 4 is 51.2 Å². The SMILES string of the molecule is CCOC(=O)c1ccc(NC(=O)/C(=C/c2ccc([N+](=O)[O-])cc2)NC(=O)c2ccccc2Br)cc1. The van der Waals surface area contributed by atoms with Gasteiger partial charge in [-0.25, -0.2) is 4.79 Å². The molecule has 0 aromatic heterocycles. The van der Waals surface area contributed by atoms with E-state index in [1.54, 1.807) is 31.2 Å². The molecule has 3 rings (SSSR count). The molecule has 3 aromatic rings. The van der Waals surface area contributed by atoms with Crippen LogP contribution in [-0.2, 0) is 9.53 Å². The molecule has 9 nitrogen and oxygen atoms in total. The van der Waals surface area contributed by atoms with Crippen LogP contribution in [0.2, 0.25) is 0 Å². The van der Waals surface area contributed by atoms with Gasteiger partial charge >= 0.3 is 5.97 Å². The van der Waals surface area contributed by atoms with Gasteiger partial charge in [-0.1, -0.05) is 12.1 Å². The van der Waals surface area contributed by atoms with Crippen molar-refractivity contribution in [1.29, 1.82) is 0 Å². The second-order valence-corrected chi connectivity index (χ2v) is 7.95. The molecule has 0 bridgehead atoms. The van der Waals surface area contributed by atoms with Crippen molar-refractivity contribution in [3.63, 3.8) is 0 Å². The van der Waals surface area contributed by atoms with E-state index in [1.165, 1.54) is 54.6 Å². The van der Waals surface area contributed by atoms with Crippen LogP contribution in [0.5, 0.6) is 0 Å². The van der Waals surface area contributed by atoms with Gasteiger partial charge in [0.05, 0.1) is 22.7 Å². The van der Waals surface area contributed by atoms with Crippen molar-refractivity contribution in [2.45, 2.75) is 6.92 Å². The zero-order valence-electron chi connectivity index (χ0n) is 18.5. The maximum absolute atomic E-state index is 13.1. The third kappa shape index (κ3) is 6.84. The van der Waals surface area contributed by atoms with Crippen LogP contribution in [-0.4, -0.2) is 29.3 Å². The van der Waals surface area contributed by atoms with E-state index in [4.69, 9.17) is 4.74 Å². The normalized spacial score (nSPS) is 10.9. The van der Waals surface area contributed by atoms with Gasteiger partial charge in [-0.15, -0.1) is 0 Å². The second kappa shape index (κ2) is 11.7. The average molecular weight is 538 g/mol. The molecule has 0 atom stereocenters. The number of hydrogen-bond donors (Lipinski definition) is 2. The number of hydrogen-bond acceptors (Lipinski definition) is 6. The number of amides is 2. The first-order valence-corrected chi connectivity index (χ1v) is 11.2. The molecule has 0 heterocycles. The number of nitro groups is 1. The first kappa shape index (κ1) is 25.3. The van der Waals surface area contributed by atoms with E-state index in [0.717, 1.165) is 0 Å². The van der Waals surface area contributed by atoms with Gasteiger partial charge in [-0.2, -0.15) is 0 Å². The fourth-order valence-corrected chi connectivity index (χ4v) is 3.42. The predicted octanol–water partition coefficient (Wildman–Crippen LogP) is 4.94. The molecule has 3 aromatic carbocycles. The third-order valence-corrected chi connectivity index (χ3v) is 5.37. The highest BCUT2D eigenvalue weighted by atomic mass is 79.9. The number of anilines is 1. The molecule has 178 valence electrons. The van der Waals surface area contributed by atoms with E-state index in [1.807, 2.05) is 0 Å². The average Bonchev–Trinajstić information content (AvgIpc) is 2.84. The molecule has 0 spiro atoms. The Morgan fingerprint density at radius 2 is 1.66 bits per heavy atom. The molecular weight excluding hydrogens is 518 g/mol. The summed E-state index contributed by atoms with van der Waals surface area (Å²) in [5.41, 5.74) is 1.29. The van der Waals surface area contributed by atoms with Crippen LogP contribution in [0.1, 0.15) is 33.2 Å². The molecule has 0 radical (unpaired) electrons. The minimum Gasteiger partial charge on any atom is -0.462 e. The molecule has 0 unspecified atom stereocenters. The van der Waals surface area contributed by atoms with Crippen molar-refractivity contribution in [1.82, 2.24) is 5.32 Å². The zero-order valence-corrected chi connectivity index (χ0v) is 20.1. The second-order valence-electron chi connectivity index (χ2n) is 7.09. The fraction of sp³-hybridized carbons (Fsp3) is 0.0800. The van der Waals surface area contributed by atoms with Crippen LogP contribution in [0.15, 0.2) is 83.0 Å². The van der Waals surface area contributed by atoms with Crippen molar-refractivity contribution < 1.29 is 24.0 Å². The van der Waals surface area contributed by atoms with Crippen molar-refractivity contribution in [3.8, 4) is 0 Å². The summed E-state index contributed by atoms with van der Waals surface area (Å²) < 4.78 is 5.49. The van der Waals surface area contributed by atoms with Gasteiger partial charge in [0.25, 0.3) is 17.5 Å². The Morgan fingerprint density at radius 1 is 1.00 bits per heavy atom. The summed E-state index contributed by atoms with van der Waals surface area (Å²) >= 11 is 3.31. The highest BCUT2D eigenvalue weighted by Gasteiger charge is 2.17. The van der Waals surface area contributed by atoms with Gasteiger partial charge in [0, 0.05) is 22.3 Å². The molecular formula is C25H20BrN3O6. The highest BCUT2D eigenvalue weighted by molar-refractivity contribution is 9.10. The summed E-state index contributed by atoms with van der Waals surface area (Å²) in [7, 11) is 0. The number of nitrogens with one attached hydrogen (secondary N) is 2. The quantitative estimate of drug-likeness (QED) is 0.181. The molecule has 0 aliphatic heterocycles. The number of carbonyl (C=O) groups is 3. The summed E-state index contributed by atoms with van der Waals surface area (Å²) in [6, 6.07) is 18.3. The van der Waals surface area contributed by atoms with Crippen LogP contribution < -0.4 is 10.6 Å². The maximum atomic E-state index is 13.1. The lowest BCUT2D eigenvalue weighted by Gasteiger charge is -2.12. The molecule has 0 saturated heterocycles. The van der Waals surface area contributed by atoms with Crippen LogP contribution >= 0.6 is 15.9 Å². The van der Waals surface area contributed by atoms with E-state index < -0.39 is 22.7 Å². The number of non-ortho nitro benzene ring substituents is 1. The van der Waals surface area contributed by atoms with E-state index in [9.17, 15) is 24.5 Å². The Hall–Kier alpha value is -4.31. The molecule has 0 aliphatic carbocycles. The standard InChI is InChI=1S/C25H20BrN3O6/c1-2-35-25(32)17-9-11-18(12-10-17)27-24(31)22(15-16-7-13-19(14-8-16)29(33)34)28-23(30)20-5-3-4-6-21(20)26/h3-15H,2H2,1H3,(H,27,31)(H,28,30)/b22-15-. The van der Waals surface area contributed by atoms with Gasteiger partial charge in [0.15, 0.2) is 0 Å². The molecule has 0 fully saturated rings. The lowest BCUT2D eigenvalue weighted by atomic mass is 10.1. The third-order valence-electron chi connectivity index (χ3n) is 4.68. The van der Waals surface area contributed by atoms with Crippen LogP contribution in [0, 0.1) is 10.1 Å². The molecule has 10 heteroatoms. The number of halogens is 1. The lowest BCUT2D eigenvalue weighted by Crippen LogP contribution is -2.31. The molecule has 2 amide bonds. The Labute approximate surface area is 209 Å². The van der Waals surface area contributed by atoms with Crippen LogP contribution in [0.25, 0.3) is 6.08 Å². The van der Waals surface area contributed by atoms with E-state index in [-0.39, 0.29) is 18.0 Å². The summed E-state index contributed by atoms with van der Waals surface area (Å²) in [5.74, 6) is -1.64.